The van der Waals surface area contributed by atoms with Crippen molar-refractivity contribution in [2.45, 2.75) is 37.4 Å². The molecule has 124 valence electrons. The molecular formula is C15H20F3NO3. The maximum absolute atomic E-state index is 12.7. The highest BCUT2D eigenvalue weighted by Gasteiger charge is 2.41. The molecule has 0 unspecified atom stereocenters. The summed E-state index contributed by atoms with van der Waals surface area (Å²) >= 11 is 0. The van der Waals surface area contributed by atoms with E-state index in [-0.39, 0.29) is 18.5 Å². The number of hydrogen-bond acceptors (Lipinski definition) is 4. The Balaban J connectivity index is 1.96. The van der Waals surface area contributed by atoms with Gasteiger partial charge in [0.25, 0.3) is 0 Å². The van der Waals surface area contributed by atoms with Gasteiger partial charge in [0.2, 0.25) is 0 Å². The van der Waals surface area contributed by atoms with Crippen LogP contribution in [0.2, 0.25) is 0 Å². The van der Waals surface area contributed by atoms with E-state index in [0.717, 1.165) is 12.1 Å². The lowest BCUT2D eigenvalue weighted by atomic mass is 10.1. The summed E-state index contributed by atoms with van der Waals surface area (Å²) in [5, 5.41) is 22.9. The Morgan fingerprint density at radius 3 is 2.64 bits per heavy atom. The molecule has 0 heterocycles. The lowest BCUT2D eigenvalue weighted by Gasteiger charge is -2.18. The van der Waals surface area contributed by atoms with E-state index in [0.29, 0.717) is 18.6 Å². The van der Waals surface area contributed by atoms with E-state index >= 15 is 0 Å². The lowest BCUT2D eigenvalue weighted by Crippen LogP contribution is -2.39. The summed E-state index contributed by atoms with van der Waals surface area (Å²) in [6.45, 7) is 0.526. The Labute approximate surface area is 126 Å². The summed E-state index contributed by atoms with van der Waals surface area (Å²) in [6, 6.07) is 4.67. The molecular weight excluding hydrogens is 299 g/mol. The number of aliphatic hydroxyl groups excluding tert-OH is 2. The van der Waals surface area contributed by atoms with Crippen LogP contribution in [0.15, 0.2) is 24.3 Å². The van der Waals surface area contributed by atoms with Crippen molar-refractivity contribution >= 4 is 0 Å². The summed E-state index contributed by atoms with van der Waals surface area (Å²) < 4.78 is 42.9. The van der Waals surface area contributed by atoms with Crippen LogP contribution in [0.1, 0.15) is 17.5 Å². The molecule has 0 radical (unpaired) electrons. The third-order valence-electron chi connectivity index (χ3n) is 4.01. The van der Waals surface area contributed by atoms with Gasteiger partial charge in [0.15, 0.2) is 0 Å². The van der Waals surface area contributed by atoms with Gasteiger partial charge in [-0.05, 0) is 18.1 Å². The van der Waals surface area contributed by atoms with E-state index in [1.165, 1.54) is 13.2 Å². The van der Waals surface area contributed by atoms with Gasteiger partial charge in [-0.2, -0.15) is 13.2 Å². The van der Waals surface area contributed by atoms with E-state index in [9.17, 15) is 23.4 Å². The highest BCUT2D eigenvalue weighted by atomic mass is 19.4. The zero-order chi connectivity index (χ0) is 16.3. The van der Waals surface area contributed by atoms with Gasteiger partial charge < -0.3 is 20.3 Å². The van der Waals surface area contributed by atoms with Crippen LogP contribution in [-0.2, 0) is 17.5 Å². The third kappa shape index (κ3) is 3.98. The highest BCUT2D eigenvalue weighted by Crippen LogP contribution is 2.30. The largest absolute Gasteiger partial charge is 0.416 e. The fourth-order valence-corrected chi connectivity index (χ4v) is 2.81. The number of rotatable bonds is 5. The first-order valence-electron chi connectivity index (χ1n) is 7.07. The minimum absolute atomic E-state index is 0.181. The quantitative estimate of drug-likeness (QED) is 0.771. The zero-order valence-corrected chi connectivity index (χ0v) is 12.2. The van der Waals surface area contributed by atoms with Crippen LogP contribution in [0.25, 0.3) is 0 Å². The molecule has 22 heavy (non-hydrogen) atoms. The SMILES string of the molecule is COC[C@H]1C[C@@H](NCc2cccc(C(F)(F)F)c2)[C@H](O)[C@@H]1O. The topological polar surface area (TPSA) is 61.7 Å². The van der Waals surface area contributed by atoms with E-state index in [4.69, 9.17) is 4.74 Å². The number of alkyl halides is 3. The van der Waals surface area contributed by atoms with Gasteiger partial charge in [-0.3, -0.25) is 0 Å². The van der Waals surface area contributed by atoms with Gasteiger partial charge in [0.1, 0.15) is 0 Å². The van der Waals surface area contributed by atoms with Crippen molar-refractivity contribution in [1.29, 1.82) is 0 Å². The second-order valence-electron chi connectivity index (χ2n) is 5.62. The van der Waals surface area contributed by atoms with Gasteiger partial charge in [-0.15, -0.1) is 0 Å². The van der Waals surface area contributed by atoms with Crippen LogP contribution in [0.4, 0.5) is 13.2 Å². The average molecular weight is 319 g/mol. The Morgan fingerprint density at radius 2 is 2.00 bits per heavy atom. The van der Waals surface area contributed by atoms with E-state index in [1.54, 1.807) is 6.07 Å². The molecule has 1 fully saturated rings. The van der Waals surface area contributed by atoms with Crippen molar-refractivity contribution in [1.82, 2.24) is 5.32 Å². The molecule has 0 bridgehead atoms. The molecule has 1 saturated carbocycles. The molecule has 0 spiro atoms. The second-order valence-corrected chi connectivity index (χ2v) is 5.62. The first-order chi connectivity index (χ1) is 10.3. The summed E-state index contributed by atoms with van der Waals surface area (Å²) in [4.78, 5) is 0. The van der Waals surface area contributed by atoms with Crippen molar-refractivity contribution < 1.29 is 28.1 Å². The molecule has 0 saturated heterocycles. The molecule has 0 aliphatic heterocycles. The van der Waals surface area contributed by atoms with Crippen LogP contribution < -0.4 is 5.32 Å². The third-order valence-corrected chi connectivity index (χ3v) is 4.01. The second kappa shape index (κ2) is 6.95. The molecule has 1 aromatic rings. The molecule has 2 rings (SSSR count). The highest BCUT2D eigenvalue weighted by molar-refractivity contribution is 5.25. The monoisotopic (exact) mass is 319 g/mol. The Bertz CT molecular complexity index is 495. The number of methoxy groups -OCH3 is 1. The Hall–Kier alpha value is -1.15. The summed E-state index contributed by atoms with van der Waals surface area (Å²) in [6.07, 6.45) is -5.71. The van der Waals surface area contributed by atoms with Gasteiger partial charge in [0.05, 0.1) is 24.4 Å². The lowest BCUT2D eigenvalue weighted by molar-refractivity contribution is -0.137. The molecule has 3 N–H and O–H groups in total. The van der Waals surface area contributed by atoms with Crippen molar-refractivity contribution in [3.8, 4) is 0 Å². The number of aliphatic hydroxyl groups is 2. The first kappa shape index (κ1) is 17.2. The number of halogens is 3. The van der Waals surface area contributed by atoms with Crippen LogP contribution >= 0.6 is 0 Å². The number of ether oxygens (including phenoxy) is 1. The van der Waals surface area contributed by atoms with Gasteiger partial charge in [0, 0.05) is 25.6 Å². The average Bonchev–Trinajstić information content (AvgIpc) is 2.73. The van der Waals surface area contributed by atoms with Crippen LogP contribution in [0.5, 0.6) is 0 Å². The summed E-state index contributed by atoms with van der Waals surface area (Å²) in [7, 11) is 1.52. The number of benzene rings is 1. The van der Waals surface area contributed by atoms with Crippen LogP contribution in [-0.4, -0.2) is 42.2 Å². The Morgan fingerprint density at radius 1 is 1.27 bits per heavy atom. The van der Waals surface area contributed by atoms with E-state index < -0.39 is 23.9 Å². The molecule has 1 aromatic carbocycles. The van der Waals surface area contributed by atoms with Crippen molar-refractivity contribution in [2.24, 2.45) is 5.92 Å². The molecule has 1 aliphatic rings. The fourth-order valence-electron chi connectivity index (χ4n) is 2.81. The number of hydrogen-bond donors (Lipinski definition) is 3. The summed E-state index contributed by atoms with van der Waals surface area (Å²) in [5.74, 6) is -0.181. The van der Waals surface area contributed by atoms with Gasteiger partial charge in [-0.25, -0.2) is 0 Å². The maximum atomic E-state index is 12.7. The maximum Gasteiger partial charge on any atom is 0.416 e. The molecule has 4 nitrogen and oxygen atoms in total. The van der Waals surface area contributed by atoms with E-state index in [2.05, 4.69) is 5.32 Å². The normalized spacial score (nSPS) is 29.0. The minimum atomic E-state index is -4.37. The Kier molecular flexibility index (Phi) is 5.44. The predicted octanol–water partition coefficient (Wildman–Crippen LogP) is 1.55. The fraction of sp³-hybridized carbons (Fsp3) is 0.600. The molecule has 4 atom stereocenters. The molecule has 7 heteroatoms. The van der Waals surface area contributed by atoms with Crippen LogP contribution in [0.3, 0.4) is 0 Å². The van der Waals surface area contributed by atoms with Gasteiger partial charge in [-0.1, -0.05) is 18.2 Å². The first-order valence-corrected chi connectivity index (χ1v) is 7.07. The van der Waals surface area contributed by atoms with Crippen molar-refractivity contribution in [3.05, 3.63) is 35.4 Å². The zero-order valence-electron chi connectivity index (χ0n) is 12.2. The van der Waals surface area contributed by atoms with Crippen molar-refractivity contribution in [3.63, 3.8) is 0 Å². The van der Waals surface area contributed by atoms with Crippen molar-refractivity contribution in [2.75, 3.05) is 13.7 Å². The minimum Gasteiger partial charge on any atom is -0.390 e. The molecule has 0 aromatic heterocycles. The summed E-state index contributed by atoms with van der Waals surface area (Å²) in [5.41, 5.74) is -0.220. The predicted molar refractivity (Wildman–Crippen MR) is 74.1 cm³/mol. The van der Waals surface area contributed by atoms with Gasteiger partial charge >= 0.3 is 6.18 Å². The number of nitrogens with one attached hydrogen (secondary N) is 1. The standard InChI is InChI=1S/C15H20F3NO3/c1-22-8-10-6-12(14(21)13(10)20)19-7-9-3-2-4-11(5-9)15(16,17)18/h2-5,10,12-14,19-21H,6-8H2,1H3/t10-,12-,13-,14+/m1/s1. The van der Waals surface area contributed by atoms with E-state index in [1.807, 2.05) is 0 Å². The smallest absolute Gasteiger partial charge is 0.390 e. The molecule has 1 aliphatic carbocycles. The van der Waals surface area contributed by atoms with Crippen LogP contribution in [0, 0.1) is 5.92 Å². The molecule has 0 amide bonds.